The summed E-state index contributed by atoms with van der Waals surface area (Å²) in [6, 6.07) is 13.7. The second-order valence-electron chi connectivity index (χ2n) is 10.2. The van der Waals surface area contributed by atoms with Crippen LogP contribution in [0.2, 0.25) is 5.02 Å². The van der Waals surface area contributed by atoms with Crippen molar-refractivity contribution in [1.29, 1.82) is 0 Å². The summed E-state index contributed by atoms with van der Waals surface area (Å²) >= 11 is 5.76. The molecule has 1 N–H and O–H groups in total. The number of ether oxygens (including phenoxy) is 4. The average Bonchev–Trinajstić information content (AvgIpc) is 2.98. The number of Topliss-reactive ketones (excluding diaryl/α,β-unsaturated/α-hetero) is 1. The highest BCUT2D eigenvalue weighted by atomic mass is 35.5. The maximum absolute atomic E-state index is 15.1. The molecule has 234 valence electrons. The topological polar surface area (TPSA) is 96.0 Å². The summed E-state index contributed by atoms with van der Waals surface area (Å²) in [6.45, 7) is 0.951. The number of nitrogens with zero attached hydrogens (tertiary/aromatic N) is 1. The van der Waals surface area contributed by atoms with Gasteiger partial charge in [0.25, 0.3) is 0 Å². The van der Waals surface area contributed by atoms with Crippen LogP contribution in [0, 0.1) is 17.5 Å². The van der Waals surface area contributed by atoms with E-state index in [1.807, 2.05) is 0 Å². The van der Waals surface area contributed by atoms with Crippen molar-refractivity contribution in [1.82, 2.24) is 4.98 Å². The van der Waals surface area contributed by atoms with E-state index in [0.29, 0.717) is 24.6 Å². The molecule has 0 spiro atoms. The number of pyridine rings is 1. The zero-order valence-electron chi connectivity index (χ0n) is 24.1. The normalized spacial score (nSPS) is 13.9. The number of benzene rings is 3. The molecule has 5 rings (SSSR count). The SMILES string of the molecule is COC(=O)c1cc(F)c(CC(=O)Cc2ccc(Oc3ccnc(COc4ccc(Cl)cc4F)c3)cc2F)c(NC[C@@H]2CCO2)c1. The lowest BCUT2D eigenvalue weighted by atomic mass is 9.98. The Labute approximate surface area is 262 Å². The maximum Gasteiger partial charge on any atom is 0.338 e. The van der Waals surface area contributed by atoms with Crippen LogP contribution in [0.3, 0.4) is 0 Å². The number of hydrogen-bond donors (Lipinski definition) is 1. The molecule has 1 atom stereocenters. The van der Waals surface area contributed by atoms with Crippen LogP contribution in [-0.2, 0) is 33.7 Å². The summed E-state index contributed by atoms with van der Waals surface area (Å²) in [5.74, 6) is -2.69. The van der Waals surface area contributed by atoms with Gasteiger partial charge in [0.15, 0.2) is 11.6 Å². The van der Waals surface area contributed by atoms with Gasteiger partial charge in [-0.2, -0.15) is 0 Å². The van der Waals surface area contributed by atoms with Crippen molar-refractivity contribution >= 4 is 29.0 Å². The number of methoxy groups -OCH3 is 1. The van der Waals surface area contributed by atoms with Crippen molar-refractivity contribution in [3.8, 4) is 17.2 Å². The molecule has 0 amide bonds. The van der Waals surface area contributed by atoms with Crippen LogP contribution in [0.15, 0.2) is 66.9 Å². The fourth-order valence-electron chi connectivity index (χ4n) is 4.56. The van der Waals surface area contributed by atoms with E-state index in [-0.39, 0.29) is 64.5 Å². The van der Waals surface area contributed by atoms with Gasteiger partial charge in [0.05, 0.1) is 24.5 Å². The predicted molar refractivity (Wildman–Crippen MR) is 159 cm³/mol. The monoisotopic (exact) mass is 640 g/mol. The van der Waals surface area contributed by atoms with E-state index in [2.05, 4.69) is 10.3 Å². The first kappa shape index (κ1) is 31.8. The molecule has 0 unspecified atom stereocenters. The fourth-order valence-corrected chi connectivity index (χ4v) is 4.72. The van der Waals surface area contributed by atoms with E-state index in [1.54, 1.807) is 12.1 Å². The van der Waals surface area contributed by atoms with Crippen molar-refractivity contribution < 1.29 is 41.7 Å². The van der Waals surface area contributed by atoms with E-state index < -0.39 is 29.2 Å². The Balaban J connectivity index is 1.22. The molecule has 0 radical (unpaired) electrons. The van der Waals surface area contributed by atoms with Gasteiger partial charge in [0.2, 0.25) is 0 Å². The lowest BCUT2D eigenvalue weighted by Gasteiger charge is -2.27. The molecule has 2 heterocycles. The van der Waals surface area contributed by atoms with E-state index in [9.17, 15) is 14.0 Å². The number of hydrogen-bond acceptors (Lipinski definition) is 8. The van der Waals surface area contributed by atoms with E-state index in [1.165, 1.54) is 43.6 Å². The first-order valence-electron chi connectivity index (χ1n) is 14.0. The predicted octanol–water partition coefficient (Wildman–Crippen LogP) is 6.87. The minimum Gasteiger partial charge on any atom is -0.484 e. The zero-order valence-corrected chi connectivity index (χ0v) is 24.8. The van der Waals surface area contributed by atoms with Crippen LogP contribution < -0.4 is 14.8 Å². The summed E-state index contributed by atoms with van der Waals surface area (Å²) in [5, 5.41) is 3.31. The van der Waals surface area contributed by atoms with Crippen LogP contribution in [0.4, 0.5) is 18.9 Å². The fraction of sp³-hybridized carbons (Fsp3) is 0.242. The van der Waals surface area contributed by atoms with Gasteiger partial charge in [-0.25, -0.2) is 18.0 Å². The van der Waals surface area contributed by atoms with Crippen molar-refractivity contribution in [3.63, 3.8) is 0 Å². The van der Waals surface area contributed by atoms with Crippen LogP contribution in [0.1, 0.15) is 33.6 Å². The Kier molecular flexibility index (Phi) is 10.2. The molecule has 1 saturated heterocycles. The minimum atomic E-state index is -0.757. The standard InChI is InChI=1S/C33H28ClF3N2O6/c1-42-33(41)20-11-29(36)27(31(12-20)39-17-26-7-9-43-26)15-23(40)10-19-2-4-24(16-28(19)35)45-25-6-8-38-22(14-25)18-44-32-5-3-21(34)13-30(32)37/h2-6,8,11-14,16,26,39H,7,9-10,15,17-18H2,1H3/t26-/m0/s1. The molecule has 1 aromatic heterocycles. The van der Waals surface area contributed by atoms with Gasteiger partial charge in [0.1, 0.15) is 35.5 Å². The number of ketones is 1. The molecule has 0 aliphatic carbocycles. The van der Waals surface area contributed by atoms with Crippen LogP contribution in [0.5, 0.6) is 17.2 Å². The smallest absolute Gasteiger partial charge is 0.338 e. The number of carbonyl (C=O) groups excluding carboxylic acids is 2. The molecule has 4 aromatic rings. The third kappa shape index (κ3) is 8.31. The Morgan fingerprint density at radius 2 is 1.78 bits per heavy atom. The largest absolute Gasteiger partial charge is 0.484 e. The second kappa shape index (κ2) is 14.4. The molecule has 3 aromatic carbocycles. The van der Waals surface area contributed by atoms with Crippen LogP contribution >= 0.6 is 11.6 Å². The van der Waals surface area contributed by atoms with Crippen LogP contribution in [-0.4, -0.2) is 43.1 Å². The summed E-state index contributed by atoms with van der Waals surface area (Å²) in [6.07, 6.45) is 1.62. The van der Waals surface area contributed by atoms with Crippen molar-refractivity contribution in [3.05, 3.63) is 112 Å². The molecule has 45 heavy (non-hydrogen) atoms. The number of anilines is 1. The highest BCUT2D eigenvalue weighted by Gasteiger charge is 2.22. The average molecular weight is 641 g/mol. The third-order valence-electron chi connectivity index (χ3n) is 7.01. The minimum absolute atomic E-state index is 0.00541. The number of aromatic nitrogens is 1. The molecule has 1 aliphatic rings. The molecule has 8 nitrogen and oxygen atoms in total. The van der Waals surface area contributed by atoms with Gasteiger partial charge in [-0.15, -0.1) is 0 Å². The Morgan fingerprint density at radius 3 is 2.49 bits per heavy atom. The van der Waals surface area contributed by atoms with Crippen LogP contribution in [0.25, 0.3) is 0 Å². The Hall–Kier alpha value is -4.61. The number of rotatable bonds is 13. The van der Waals surface area contributed by atoms with E-state index in [0.717, 1.165) is 24.6 Å². The highest BCUT2D eigenvalue weighted by Crippen LogP contribution is 2.28. The summed E-state index contributed by atoms with van der Waals surface area (Å²) in [5.41, 5.74) is 0.859. The van der Waals surface area contributed by atoms with Gasteiger partial charge in [-0.3, -0.25) is 9.78 Å². The zero-order chi connectivity index (χ0) is 31.9. The van der Waals surface area contributed by atoms with E-state index >= 15 is 8.78 Å². The second-order valence-corrected chi connectivity index (χ2v) is 10.7. The third-order valence-corrected chi connectivity index (χ3v) is 7.24. The first-order chi connectivity index (χ1) is 21.7. The van der Waals surface area contributed by atoms with Gasteiger partial charge >= 0.3 is 5.97 Å². The molecular formula is C33H28ClF3N2O6. The molecule has 0 bridgehead atoms. The quantitative estimate of drug-likeness (QED) is 0.158. The number of carbonyl (C=O) groups is 2. The number of nitrogens with one attached hydrogen (secondary N) is 1. The maximum atomic E-state index is 15.1. The van der Waals surface area contributed by atoms with Gasteiger partial charge < -0.3 is 24.3 Å². The van der Waals surface area contributed by atoms with Gasteiger partial charge in [-0.1, -0.05) is 17.7 Å². The Morgan fingerprint density at radius 1 is 0.978 bits per heavy atom. The molecule has 12 heteroatoms. The molecule has 1 aliphatic heterocycles. The summed E-state index contributed by atoms with van der Waals surface area (Å²) in [4.78, 5) is 29.2. The van der Waals surface area contributed by atoms with E-state index in [4.69, 9.17) is 30.5 Å². The van der Waals surface area contributed by atoms with Crippen molar-refractivity contribution in [2.45, 2.75) is 32.0 Å². The summed E-state index contributed by atoms with van der Waals surface area (Å²) < 4.78 is 65.5. The molecule has 1 fully saturated rings. The van der Waals surface area contributed by atoms with Crippen molar-refractivity contribution in [2.75, 3.05) is 25.6 Å². The van der Waals surface area contributed by atoms with Crippen molar-refractivity contribution in [2.24, 2.45) is 0 Å². The van der Waals surface area contributed by atoms with Gasteiger partial charge in [0, 0.05) is 60.6 Å². The highest BCUT2D eigenvalue weighted by molar-refractivity contribution is 6.30. The number of halogens is 4. The summed E-state index contributed by atoms with van der Waals surface area (Å²) in [7, 11) is 1.19. The Bertz CT molecular complexity index is 1720. The van der Waals surface area contributed by atoms with Gasteiger partial charge in [-0.05, 0) is 54.4 Å². The lowest BCUT2D eigenvalue weighted by molar-refractivity contribution is -0.117. The molecule has 0 saturated carbocycles. The molecular weight excluding hydrogens is 613 g/mol. The first-order valence-corrected chi connectivity index (χ1v) is 14.3. The lowest BCUT2D eigenvalue weighted by Crippen LogP contribution is -2.33. The number of esters is 1.